The van der Waals surface area contributed by atoms with E-state index in [9.17, 15) is 13.2 Å². The monoisotopic (exact) mass is 488 g/mol. The van der Waals surface area contributed by atoms with Crippen molar-refractivity contribution in [2.45, 2.75) is 36.8 Å². The highest BCUT2D eigenvalue weighted by atomic mass is 35.5. The van der Waals surface area contributed by atoms with E-state index in [0.717, 1.165) is 28.5 Å². The minimum Gasteiger partial charge on any atom is -0.492 e. The molecule has 0 radical (unpaired) electrons. The fourth-order valence-corrected chi connectivity index (χ4v) is 6.73. The molecule has 2 aromatic rings. The highest BCUT2D eigenvalue weighted by Gasteiger charge is 2.27. The van der Waals surface area contributed by atoms with Crippen molar-refractivity contribution in [3.8, 4) is 5.75 Å². The molecule has 30 heavy (non-hydrogen) atoms. The number of nitrogens with one attached hydrogen (secondary N) is 1. The first kappa shape index (κ1) is 23.4. The second kappa shape index (κ2) is 10.9. The lowest BCUT2D eigenvalue weighted by atomic mass is 10.2. The third kappa shape index (κ3) is 6.13. The molecule has 6 nitrogen and oxygen atoms in total. The van der Waals surface area contributed by atoms with Crippen LogP contribution in [-0.2, 0) is 20.6 Å². The number of thioether (sulfide) groups is 1. The second-order valence-corrected chi connectivity index (χ2v) is 11.5. The molecule has 0 spiro atoms. The zero-order valence-electron chi connectivity index (χ0n) is 16.7. The van der Waals surface area contributed by atoms with Crippen LogP contribution in [0, 0.1) is 0 Å². The lowest BCUT2D eigenvalue weighted by molar-refractivity contribution is -0.113. The Bertz CT molecular complexity index is 972. The van der Waals surface area contributed by atoms with E-state index < -0.39 is 10.0 Å². The van der Waals surface area contributed by atoms with Crippen molar-refractivity contribution in [1.82, 2.24) is 4.31 Å². The third-order valence-corrected chi connectivity index (χ3v) is 8.87. The van der Waals surface area contributed by atoms with Gasteiger partial charge >= 0.3 is 0 Å². The Morgan fingerprint density at radius 1 is 1.23 bits per heavy atom. The first-order valence-corrected chi connectivity index (χ1v) is 13.6. The van der Waals surface area contributed by atoms with Crippen LogP contribution in [0.4, 0.5) is 5.69 Å². The zero-order chi connectivity index (χ0) is 21.6. The number of benzene rings is 1. The molecule has 3 rings (SSSR count). The van der Waals surface area contributed by atoms with Crippen LogP contribution in [-0.4, -0.2) is 44.1 Å². The number of piperidine rings is 1. The number of carbonyl (C=O) groups excluding carboxylic acids is 1. The quantitative estimate of drug-likeness (QED) is 0.546. The largest absolute Gasteiger partial charge is 0.492 e. The minimum absolute atomic E-state index is 0.170. The molecule has 0 atom stereocenters. The van der Waals surface area contributed by atoms with Gasteiger partial charge in [-0.2, -0.15) is 4.31 Å². The Balaban J connectivity index is 1.69. The number of carbonyl (C=O) groups is 1. The van der Waals surface area contributed by atoms with Crippen LogP contribution in [0.25, 0.3) is 0 Å². The molecule has 0 bridgehead atoms. The fourth-order valence-electron chi connectivity index (χ4n) is 3.16. The lowest BCUT2D eigenvalue weighted by Crippen LogP contribution is -2.35. The maximum atomic E-state index is 13.0. The molecular weight excluding hydrogens is 464 g/mol. The highest BCUT2D eigenvalue weighted by molar-refractivity contribution is 7.99. The number of anilines is 1. The number of thiophene rings is 1. The predicted molar refractivity (Wildman–Crippen MR) is 124 cm³/mol. The molecule has 164 valence electrons. The summed E-state index contributed by atoms with van der Waals surface area (Å²) in [5.74, 6) is 1.17. The fraction of sp³-hybridized carbons (Fsp3) is 0.450. The van der Waals surface area contributed by atoms with Gasteiger partial charge in [0, 0.05) is 23.7 Å². The van der Waals surface area contributed by atoms with Crippen LogP contribution in [0.1, 0.15) is 31.1 Å². The van der Waals surface area contributed by atoms with Crippen LogP contribution >= 0.6 is 34.7 Å². The third-order valence-electron chi connectivity index (χ3n) is 4.58. The van der Waals surface area contributed by atoms with Gasteiger partial charge in [0.25, 0.3) is 0 Å². The lowest BCUT2D eigenvalue weighted by Gasteiger charge is -2.26. The Morgan fingerprint density at radius 2 is 2.00 bits per heavy atom. The van der Waals surface area contributed by atoms with E-state index in [0.29, 0.717) is 36.9 Å². The van der Waals surface area contributed by atoms with E-state index >= 15 is 0 Å². The average molecular weight is 489 g/mol. The average Bonchev–Trinajstić information content (AvgIpc) is 3.15. The minimum atomic E-state index is -3.59. The molecule has 1 aliphatic heterocycles. The van der Waals surface area contributed by atoms with Gasteiger partial charge in [0.1, 0.15) is 5.75 Å². The summed E-state index contributed by atoms with van der Waals surface area (Å²) in [5.41, 5.74) is 0.375. The Labute approximate surface area is 191 Å². The summed E-state index contributed by atoms with van der Waals surface area (Å²) in [6.45, 7) is 3.31. The summed E-state index contributed by atoms with van der Waals surface area (Å²) < 4.78 is 33.8. The van der Waals surface area contributed by atoms with Crippen molar-refractivity contribution < 1.29 is 17.9 Å². The number of halogens is 1. The molecule has 2 heterocycles. The Hall–Kier alpha value is -1.26. The summed E-state index contributed by atoms with van der Waals surface area (Å²) in [6, 6.07) is 8.43. The summed E-state index contributed by atoms with van der Waals surface area (Å²) >= 11 is 8.89. The number of hydrogen-bond donors (Lipinski definition) is 1. The Morgan fingerprint density at radius 3 is 2.67 bits per heavy atom. The van der Waals surface area contributed by atoms with Crippen molar-refractivity contribution in [1.29, 1.82) is 0 Å². The highest BCUT2D eigenvalue weighted by Crippen LogP contribution is 2.31. The molecule has 1 fully saturated rings. The SMILES string of the molecule is CCOc1ccc(S(=O)(=O)N2CCCCC2)cc1NC(=O)CSCc1ccc(Cl)s1. The first-order valence-electron chi connectivity index (χ1n) is 9.79. The van der Waals surface area contributed by atoms with Gasteiger partial charge in [-0.15, -0.1) is 23.1 Å². The molecule has 1 aliphatic rings. The van der Waals surface area contributed by atoms with Gasteiger partial charge in [-0.25, -0.2) is 8.42 Å². The maximum absolute atomic E-state index is 13.0. The van der Waals surface area contributed by atoms with Crippen LogP contribution in [0.2, 0.25) is 4.34 Å². The van der Waals surface area contributed by atoms with E-state index in [2.05, 4.69) is 5.32 Å². The van der Waals surface area contributed by atoms with E-state index in [4.69, 9.17) is 16.3 Å². The molecule has 10 heteroatoms. The van der Waals surface area contributed by atoms with Crippen LogP contribution in [0.5, 0.6) is 5.75 Å². The van der Waals surface area contributed by atoms with Crippen molar-refractivity contribution in [2.24, 2.45) is 0 Å². The Kier molecular flexibility index (Phi) is 8.47. The van der Waals surface area contributed by atoms with Crippen molar-refractivity contribution in [3.63, 3.8) is 0 Å². The summed E-state index contributed by atoms with van der Waals surface area (Å²) in [6.07, 6.45) is 2.78. The molecule has 0 saturated carbocycles. The molecule has 1 aromatic heterocycles. The topological polar surface area (TPSA) is 75.7 Å². The molecule has 1 saturated heterocycles. The summed E-state index contributed by atoms with van der Waals surface area (Å²) in [7, 11) is -3.59. The van der Waals surface area contributed by atoms with Crippen LogP contribution in [0.3, 0.4) is 0 Å². The standard InChI is InChI=1S/C20H25ClN2O4S3/c1-2-27-18-8-7-16(30(25,26)23-10-4-3-5-11-23)12-17(18)22-20(24)14-28-13-15-6-9-19(21)29-15/h6-9,12H,2-5,10-11,13-14H2,1H3,(H,22,24). The number of sulfonamides is 1. The van der Waals surface area contributed by atoms with E-state index in [1.807, 2.05) is 19.1 Å². The molecule has 1 N–H and O–H groups in total. The molecule has 1 amide bonds. The smallest absolute Gasteiger partial charge is 0.243 e. The maximum Gasteiger partial charge on any atom is 0.243 e. The number of amides is 1. The predicted octanol–water partition coefficient (Wildman–Crippen LogP) is 4.85. The second-order valence-electron chi connectivity index (χ2n) is 6.80. The normalized spacial score (nSPS) is 15.1. The summed E-state index contributed by atoms with van der Waals surface area (Å²) in [5, 5.41) is 2.81. The van der Waals surface area contributed by atoms with E-state index in [1.54, 1.807) is 12.1 Å². The van der Waals surface area contributed by atoms with E-state index in [-0.39, 0.29) is 16.6 Å². The number of hydrogen-bond acceptors (Lipinski definition) is 6. The van der Waals surface area contributed by atoms with Gasteiger partial charge in [0.05, 0.1) is 27.3 Å². The first-order chi connectivity index (χ1) is 14.4. The van der Waals surface area contributed by atoms with E-state index in [1.165, 1.54) is 33.5 Å². The number of rotatable bonds is 9. The summed E-state index contributed by atoms with van der Waals surface area (Å²) in [4.78, 5) is 13.7. The molecular formula is C20H25ClN2O4S3. The van der Waals surface area contributed by atoms with Crippen molar-refractivity contribution >= 4 is 56.3 Å². The van der Waals surface area contributed by atoms with Gasteiger partial charge in [-0.05, 0) is 50.1 Å². The van der Waals surface area contributed by atoms with Gasteiger partial charge in [-0.3, -0.25) is 4.79 Å². The van der Waals surface area contributed by atoms with Gasteiger partial charge in [-0.1, -0.05) is 18.0 Å². The van der Waals surface area contributed by atoms with Gasteiger partial charge < -0.3 is 10.1 Å². The molecule has 0 unspecified atom stereocenters. The zero-order valence-corrected chi connectivity index (χ0v) is 19.9. The molecule has 0 aliphatic carbocycles. The number of ether oxygens (including phenoxy) is 1. The van der Waals surface area contributed by atoms with Gasteiger partial charge in [0.15, 0.2) is 0 Å². The number of nitrogens with zero attached hydrogens (tertiary/aromatic N) is 1. The van der Waals surface area contributed by atoms with Gasteiger partial charge in [0.2, 0.25) is 15.9 Å². The van der Waals surface area contributed by atoms with Crippen molar-refractivity contribution in [2.75, 3.05) is 30.8 Å². The van der Waals surface area contributed by atoms with Crippen molar-refractivity contribution in [3.05, 3.63) is 39.5 Å². The molecule has 1 aromatic carbocycles. The van der Waals surface area contributed by atoms with Crippen LogP contribution < -0.4 is 10.1 Å². The van der Waals surface area contributed by atoms with Crippen LogP contribution in [0.15, 0.2) is 35.2 Å².